The third kappa shape index (κ3) is 3.00. The fourth-order valence-corrected chi connectivity index (χ4v) is 3.01. The molecule has 21 heavy (non-hydrogen) atoms. The molecule has 1 aliphatic carbocycles. The van der Waals surface area contributed by atoms with Crippen molar-refractivity contribution in [1.82, 2.24) is 15.5 Å². The Morgan fingerprint density at radius 2 is 1.90 bits per heavy atom. The van der Waals surface area contributed by atoms with Crippen LogP contribution < -0.4 is 5.32 Å². The van der Waals surface area contributed by atoms with E-state index in [2.05, 4.69) is 53.6 Å². The zero-order valence-electron chi connectivity index (χ0n) is 12.8. The number of fused-ring (bicyclic) bond motifs is 1. The zero-order chi connectivity index (χ0) is 14.7. The molecule has 1 atom stereocenters. The summed E-state index contributed by atoms with van der Waals surface area (Å²) in [5.74, 6) is 1.86. The van der Waals surface area contributed by atoms with Gasteiger partial charge in [-0.05, 0) is 43.4 Å². The van der Waals surface area contributed by atoms with Crippen molar-refractivity contribution in [2.75, 3.05) is 6.54 Å². The maximum absolute atomic E-state index is 5.96. The average molecular weight is 285 g/mol. The molecule has 112 valence electrons. The topological polar surface area (TPSA) is 51.0 Å². The fraction of sp³-hybridized carbons (Fsp3) is 0.529. The van der Waals surface area contributed by atoms with Crippen LogP contribution in [0.2, 0.25) is 0 Å². The molecule has 3 rings (SSSR count). The van der Waals surface area contributed by atoms with Crippen LogP contribution in [0.5, 0.6) is 0 Å². The summed E-state index contributed by atoms with van der Waals surface area (Å²) in [6.07, 6.45) is 4.09. The van der Waals surface area contributed by atoms with Gasteiger partial charge >= 0.3 is 0 Å². The Balaban J connectivity index is 1.71. The molecule has 4 heteroatoms. The molecule has 1 N–H and O–H groups in total. The Morgan fingerprint density at radius 1 is 1.19 bits per heavy atom. The minimum absolute atomic E-state index is 0.176. The molecule has 0 saturated heterocycles. The first-order valence-corrected chi connectivity index (χ1v) is 7.95. The lowest BCUT2D eigenvalue weighted by molar-refractivity contribution is 0.359. The summed E-state index contributed by atoms with van der Waals surface area (Å²) in [5, 5.41) is 12.0. The highest BCUT2D eigenvalue weighted by Gasteiger charge is 2.28. The van der Waals surface area contributed by atoms with Crippen LogP contribution in [0.4, 0.5) is 0 Å². The van der Waals surface area contributed by atoms with Gasteiger partial charge in [-0.15, -0.1) is 10.2 Å². The lowest BCUT2D eigenvalue weighted by Crippen LogP contribution is -2.21. The Kier molecular flexibility index (Phi) is 4.34. The highest BCUT2D eigenvalue weighted by Crippen LogP contribution is 2.33. The van der Waals surface area contributed by atoms with Gasteiger partial charge in [0, 0.05) is 5.92 Å². The Hall–Kier alpha value is -1.68. The van der Waals surface area contributed by atoms with E-state index in [-0.39, 0.29) is 6.04 Å². The Morgan fingerprint density at radius 3 is 2.52 bits per heavy atom. The summed E-state index contributed by atoms with van der Waals surface area (Å²) in [4.78, 5) is 0. The number of benzene rings is 1. The highest BCUT2D eigenvalue weighted by molar-refractivity contribution is 5.34. The van der Waals surface area contributed by atoms with Crippen LogP contribution in [0, 0.1) is 0 Å². The molecule has 2 aromatic rings. The quantitative estimate of drug-likeness (QED) is 0.883. The molecule has 0 radical (unpaired) electrons. The molecule has 0 saturated carbocycles. The van der Waals surface area contributed by atoms with Crippen LogP contribution >= 0.6 is 0 Å². The van der Waals surface area contributed by atoms with Crippen LogP contribution in [0.1, 0.15) is 61.6 Å². The van der Waals surface area contributed by atoms with Crippen molar-refractivity contribution in [1.29, 1.82) is 0 Å². The first-order chi connectivity index (χ1) is 10.3. The van der Waals surface area contributed by atoms with Gasteiger partial charge in [0.25, 0.3) is 0 Å². The number of rotatable bonds is 6. The molecule has 0 bridgehead atoms. The molecule has 4 nitrogen and oxygen atoms in total. The third-order valence-corrected chi connectivity index (χ3v) is 4.20. The highest BCUT2D eigenvalue weighted by atomic mass is 16.4. The second-order valence-corrected chi connectivity index (χ2v) is 5.77. The third-order valence-electron chi connectivity index (χ3n) is 4.20. The normalized spacial score (nSPS) is 16.1. The Bertz CT molecular complexity index is 568. The van der Waals surface area contributed by atoms with Gasteiger partial charge in [0.05, 0.1) is 6.04 Å². The van der Waals surface area contributed by atoms with Crippen molar-refractivity contribution < 1.29 is 4.42 Å². The second-order valence-electron chi connectivity index (χ2n) is 5.77. The monoisotopic (exact) mass is 285 g/mol. The number of nitrogens with zero attached hydrogens (tertiary/aromatic N) is 2. The van der Waals surface area contributed by atoms with Crippen molar-refractivity contribution in [3.63, 3.8) is 0 Å². The van der Waals surface area contributed by atoms with Gasteiger partial charge in [-0.2, -0.15) is 0 Å². The Labute approximate surface area is 126 Å². The van der Waals surface area contributed by atoms with Crippen LogP contribution in [0.15, 0.2) is 28.7 Å². The summed E-state index contributed by atoms with van der Waals surface area (Å²) in [6.45, 7) is 5.28. The van der Waals surface area contributed by atoms with Crippen molar-refractivity contribution in [3.8, 4) is 0 Å². The maximum atomic E-state index is 5.96. The van der Waals surface area contributed by atoms with Crippen LogP contribution in [-0.4, -0.2) is 16.7 Å². The second kappa shape index (κ2) is 6.39. The minimum Gasteiger partial charge on any atom is -0.423 e. The van der Waals surface area contributed by atoms with Gasteiger partial charge in [0.1, 0.15) is 0 Å². The summed E-state index contributed by atoms with van der Waals surface area (Å²) in [5.41, 5.74) is 2.83. The first-order valence-electron chi connectivity index (χ1n) is 7.95. The number of nitrogens with one attached hydrogen (secondary N) is 1. The number of hydrogen-bond acceptors (Lipinski definition) is 4. The fourth-order valence-electron chi connectivity index (χ4n) is 3.01. The molecule has 1 aromatic carbocycles. The van der Waals surface area contributed by atoms with Crippen LogP contribution in [-0.2, 0) is 12.8 Å². The lowest BCUT2D eigenvalue weighted by Gasteiger charge is -2.11. The first kappa shape index (κ1) is 14.3. The van der Waals surface area contributed by atoms with E-state index in [0.717, 1.165) is 44.0 Å². The van der Waals surface area contributed by atoms with Gasteiger partial charge in [-0.1, -0.05) is 38.1 Å². The van der Waals surface area contributed by atoms with E-state index in [1.165, 1.54) is 11.1 Å². The summed E-state index contributed by atoms with van der Waals surface area (Å²) < 4.78 is 5.96. The van der Waals surface area contributed by atoms with Gasteiger partial charge in [0.15, 0.2) is 0 Å². The van der Waals surface area contributed by atoms with Gasteiger partial charge in [-0.25, -0.2) is 0 Å². The van der Waals surface area contributed by atoms with Crippen LogP contribution in [0.3, 0.4) is 0 Å². The van der Waals surface area contributed by atoms with E-state index in [9.17, 15) is 0 Å². The summed E-state index contributed by atoms with van der Waals surface area (Å²) in [6, 6.07) is 8.77. The predicted octanol–water partition coefficient (Wildman–Crippen LogP) is 3.40. The lowest BCUT2D eigenvalue weighted by atomic mass is 10.1. The molecule has 1 aliphatic rings. The molecule has 0 spiro atoms. The maximum Gasteiger partial charge on any atom is 0.233 e. The van der Waals surface area contributed by atoms with E-state index in [1.54, 1.807) is 0 Å². The van der Waals surface area contributed by atoms with Crippen LogP contribution in [0.25, 0.3) is 0 Å². The van der Waals surface area contributed by atoms with Crippen molar-refractivity contribution in [2.24, 2.45) is 0 Å². The average Bonchev–Trinajstić information content (AvgIpc) is 3.14. The van der Waals surface area contributed by atoms with Crippen molar-refractivity contribution in [2.45, 2.75) is 51.5 Å². The van der Waals surface area contributed by atoms with E-state index in [0.29, 0.717) is 5.92 Å². The molecule has 1 unspecified atom stereocenters. The van der Waals surface area contributed by atoms with Crippen molar-refractivity contribution >= 4 is 0 Å². The van der Waals surface area contributed by atoms with Crippen molar-refractivity contribution in [3.05, 3.63) is 47.2 Å². The van der Waals surface area contributed by atoms with E-state index in [1.807, 2.05) is 0 Å². The minimum atomic E-state index is 0.176. The number of hydrogen-bond donors (Lipinski definition) is 1. The molecule has 0 amide bonds. The number of aromatic nitrogens is 2. The zero-order valence-corrected chi connectivity index (χ0v) is 12.8. The van der Waals surface area contributed by atoms with Gasteiger partial charge in [-0.3, -0.25) is 0 Å². The van der Waals surface area contributed by atoms with E-state index < -0.39 is 0 Å². The predicted molar refractivity (Wildman–Crippen MR) is 82.2 cm³/mol. The summed E-state index contributed by atoms with van der Waals surface area (Å²) in [7, 11) is 0. The van der Waals surface area contributed by atoms with Gasteiger partial charge in [0.2, 0.25) is 11.8 Å². The standard InChI is InChI=1S/C17H23N3O/c1-3-9-18-15(4-2)17-20-19-16(21-17)14-10-12-7-5-6-8-13(12)11-14/h5-8,14-15,18H,3-4,9-11H2,1-2H3. The molecule has 1 aromatic heterocycles. The molecule has 1 heterocycles. The smallest absolute Gasteiger partial charge is 0.233 e. The van der Waals surface area contributed by atoms with Gasteiger partial charge < -0.3 is 9.73 Å². The SMILES string of the molecule is CCCNC(CC)c1nnc(C2Cc3ccccc3C2)o1. The largest absolute Gasteiger partial charge is 0.423 e. The molecular weight excluding hydrogens is 262 g/mol. The molecule has 0 aliphatic heterocycles. The van der Waals surface area contributed by atoms with E-state index in [4.69, 9.17) is 4.42 Å². The molecule has 0 fully saturated rings. The summed E-state index contributed by atoms with van der Waals surface area (Å²) >= 11 is 0. The molecular formula is C17H23N3O. The van der Waals surface area contributed by atoms with E-state index >= 15 is 0 Å².